The van der Waals surface area contributed by atoms with Crippen molar-refractivity contribution in [3.63, 3.8) is 0 Å². The highest BCUT2D eigenvalue weighted by Crippen LogP contribution is 2.28. The van der Waals surface area contributed by atoms with Crippen molar-refractivity contribution in [2.75, 3.05) is 33.4 Å². The van der Waals surface area contributed by atoms with Crippen molar-refractivity contribution in [3.05, 3.63) is 23.8 Å². The number of amides is 2. The van der Waals surface area contributed by atoms with Crippen molar-refractivity contribution in [3.8, 4) is 11.5 Å². The molecule has 1 aromatic carbocycles. The third kappa shape index (κ3) is 8.50. The predicted octanol–water partition coefficient (Wildman–Crippen LogP) is 2.27. The molecule has 1 heterocycles. The van der Waals surface area contributed by atoms with E-state index in [2.05, 4.69) is 22.9 Å². The summed E-state index contributed by atoms with van der Waals surface area (Å²) in [6, 6.07) is 5.45. The number of carbonyl (C=O) groups excluding carboxylic acids is 2. The van der Waals surface area contributed by atoms with Gasteiger partial charge in [-0.25, -0.2) is 0 Å². The Labute approximate surface area is 179 Å². The van der Waals surface area contributed by atoms with Gasteiger partial charge in [0.05, 0.1) is 7.11 Å². The Morgan fingerprint density at radius 3 is 2.69 bits per heavy atom. The summed E-state index contributed by atoms with van der Waals surface area (Å²) in [7, 11) is 1.55. The Hall–Kier alpha value is -1.99. The molecule has 8 heteroatoms. The van der Waals surface area contributed by atoms with Gasteiger partial charge in [0, 0.05) is 19.5 Å². The Kier molecular flexibility index (Phi) is 11.5. The fourth-order valence-corrected chi connectivity index (χ4v) is 3.43. The molecule has 1 saturated heterocycles. The highest BCUT2D eigenvalue weighted by molar-refractivity contribution is 5.85. The summed E-state index contributed by atoms with van der Waals surface area (Å²) in [6.45, 7) is 7.03. The average Bonchev–Trinajstić information content (AvgIpc) is 2.71. The standard InChI is InChI=1S/C21H33N3O4.ClH/c1-4-23-21(26)14-28-18-8-7-16(11-19(18)27-3)12-24-20(25)10-15(2)17-6-5-9-22-13-17;/h7-8,11,15,17,22H,4-6,9-10,12-14H2,1-3H3,(H,23,26)(H,24,25);1H. The van der Waals surface area contributed by atoms with Crippen LogP contribution in [-0.4, -0.2) is 45.2 Å². The lowest BCUT2D eigenvalue weighted by atomic mass is 9.85. The molecule has 0 spiro atoms. The summed E-state index contributed by atoms with van der Waals surface area (Å²) in [6.07, 6.45) is 2.92. The van der Waals surface area contributed by atoms with Crippen LogP contribution in [0.15, 0.2) is 18.2 Å². The van der Waals surface area contributed by atoms with E-state index < -0.39 is 0 Å². The van der Waals surface area contributed by atoms with Crippen LogP contribution in [0.3, 0.4) is 0 Å². The van der Waals surface area contributed by atoms with Crippen LogP contribution in [0, 0.1) is 11.8 Å². The normalized spacial score (nSPS) is 16.9. The highest BCUT2D eigenvalue weighted by atomic mass is 35.5. The van der Waals surface area contributed by atoms with Gasteiger partial charge in [-0.05, 0) is 62.4 Å². The number of nitrogens with one attached hydrogen (secondary N) is 3. The minimum atomic E-state index is -0.178. The predicted molar refractivity (Wildman–Crippen MR) is 116 cm³/mol. The zero-order chi connectivity index (χ0) is 20.4. The molecule has 0 aromatic heterocycles. The molecule has 1 aromatic rings. The first-order valence-electron chi connectivity index (χ1n) is 10.1. The van der Waals surface area contributed by atoms with Gasteiger partial charge >= 0.3 is 0 Å². The SMILES string of the molecule is CCNC(=O)COc1ccc(CNC(=O)CC(C)C2CCCNC2)cc1OC.Cl. The lowest BCUT2D eigenvalue weighted by molar-refractivity contribution is -0.123. The molecule has 0 bridgehead atoms. The third-order valence-corrected chi connectivity index (χ3v) is 5.10. The van der Waals surface area contributed by atoms with Gasteiger partial charge in [-0.15, -0.1) is 12.4 Å². The maximum atomic E-state index is 12.3. The van der Waals surface area contributed by atoms with E-state index in [0.29, 0.717) is 42.8 Å². The topological polar surface area (TPSA) is 88.7 Å². The summed E-state index contributed by atoms with van der Waals surface area (Å²) in [5.74, 6) is 1.87. The number of methoxy groups -OCH3 is 1. The molecule has 3 N–H and O–H groups in total. The van der Waals surface area contributed by atoms with E-state index in [1.807, 2.05) is 19.1 Å². The lowest BCUT2D eigenvalue weighted by Crippen LogP contribution is -2.35. The van der Waals surface area contributed by atoms with Crippen LogP contribution < -0.4 is 25.4 Å². The van der Waals surface area contributed by atoms with Gasteiger partial charge < -0.3 is 25.4 Å². The molecule has 2 amide bonds. The van der Waals surface area contributed by atoms with Gasteiger partial charge in [0.2, 0.25) is 5.91 Å². The number of ether oxygens (including phenoxy) is 2. The van der Waals surface area contributed by atoms with Gasteiger partial charge in [-0.1, -0.05) is 13.0 Å². The van der Waals surface area contributed by atoms with Crippen LogP contribution >= 0.6 is 12.4 Å². The number of hydrogen-bond acceptors (Lipinski definition) is 5. The quantitative estimate of drug-likeness (QED) is 0.533. The van der Waals surface area contributed by atoms with E-state index >= 15 is 0 Å². The number of benzene rings is 1. The molecule has 1 aliphatic heterocycles. The van der Waals surface area contributed by atoms with Gasteiger partial charge in [-0.3, -0.25) is 9.59 Å². The van der Waals surface area contributed by atoms with Gasteiger partial charge in [0.25, 0.3) is 5.91 Å². The van der Waals surface area contributed by atoms with Crippen molar-refractivity contribution in [2.24, 2.45) is 11.8 Å². The van der Waals surface area contributed by atoms with Gasteiger partial charge in [0.15, 0.2) is 18.1 Å². The maximum absolute atomic E-state index is 12.3. The van der Waals surface area contributed by atoms with Crippen LogP contribution in [0.25, 0.3) is 0 Å². The zero-order valence-electron chi connectivity index (χ0n) is 17.6. The molecule has 2 atom stereocenters. The highest BCUT2D eigenvalue weighted by Gasteiger charge is 2.22. The number of likely N-dealkylation sites (N-methyl/N-ethyl adjacent to an activating group) is 1. The number of hydrogen-bond donors (Lipinski definition) is 3. The van der Waals surface area contributed by atoms with E-state index in [-0.39, 0.29) is 30.8 Å². The van der Waals surface area contributed by atoms with E-state index in [9.17, 15) is 9.59 Å². The minimum absolute atomic E-state index is 0. The van der Waals surface area contributed by atoms with Crippen LogP contribution in [0.4, 0.5) is 0 Å². The molecule has 2 unspecified atom stereocenters. The summed E-state index contributed by atoms with van der Waals surface area (Å²) >= 11 is 0. The van der Waals surface area contributed by atoms with Crippen molar-refractivity contribution >= 4 is 24.2 Å². The van der Waals surface area contributed by atoms with Crippen LogP contribution in [0.5, 0.6) is 11.5 Å². The van der Waals surface area contributed by atoms with Gasteiger partial charge in [-0.2, -0.15) is 0 Å². The number of rotatable bonds is 10. The second-order valence-electron chi connectivity index (χ2n) is 7.29. The fourth-order valence-electron chi connectivity index (χ4n) is 3.43. The first kappa shape index (κ1) is 25.0. The van der Waals surface area contributed by atoms with E-state index in [4.69, 9.17) is 9.47 Å². The summed E-state index contributed by atoms with van der Waals surface area (Å²) in [4.78, 5) is 23.8. The second kappa shape index (κ2) is 13.3. The largest absolute Gasteiger partial charge is 0.493 e. The van der Waals surface area contributed by atoms with Crippen molar-refractivity contribution < 1.29 is 19.1 Å². The average molecular weight is 428 g/mol. The third-order valence-electron chi connectivity index (χ3n) is 5.10. The maximum Gasteiger partial charge on any atom is 0.257 e. The molecule has 0 aliphatic carbocycles. The van der Waals surface area contributed by atoms with E-state index in [1.54, 1.807) is 13.2 Å². The molecular formula is C21H34ClN3O4. The summed E-state index contributed by atoms with van der Waals surface area (Å²) in [5.41, 5.74) is 0.919. The number of piperidine rings is 1. The van der Waals surface area contributed by atoms with E-state index in [0.717, 1.165) is 18.7 Å². The molecule has 7 nitrogen and oxygen atoms in total. The molecular weight excluding hydrogens is 394 g/mol. The fraction of sp³-hybridized carbons (Fsp3) is 0.619. The van der Waals surface area contributed by atoms with Crippen molar-refractivity contribution in [2.45, 2.75) is 39.7 Å². The number of carbonyl (C=O) groups is 2. The first-order chi connectivity index (χ1) is 13.5. The van der Waals surface area contributed by atoms with Crippen LogP contribution in [-0.2, 0) is 16.1 Å². The summed E-state index contributed by atoms with van der Waals surface area (Å²) in [5, 5.41) is 9.07. The Balaban J connectivity index is 0.00000420. The van der Waals surface area contributed by atoms with Crippen LogP contribution in [0.1, 0.15) is 38.7 Å². The molecule has 0 radical (unpaired) electrons. The molecule has 29 heavy (non-hydrogen) atoms. The second-order valence-corrected chi connectivity index (χ2v) is 7.29. The number of halogens is 1. The van der Waals surface area contributed by atoms with E-state index in [1.165, 1.54) is 12.8 Å². The Morgan fingerprint density at radius 1 is 1.24 bits per heavy atom. The Bertz CT molecular complexity index is 651. The lowest BCUT2D eigenvalue weighted by Gasteiger charge is -2.28. The van der Waals surface area contributed by atoms with Crippen molar-refractivity contribution in [1.29, 1.82) is 0 Å². The molecule has 1 fully saturated rings. The smallest absolute Gasteiger partial charge is 0.257 e. The summed E-state index contributed by atoms with van der Waals surface area (Å²) < 4.78 is 10.9. The van der Waals surface area contributed by atoms with Crippen molar-refractivity contribution in [1.82, 2.24) is 16.0 Å². The Morgan fingerprint density at radius 2 is 2.03 bits per heavy atom. The zero-order valence-corrected chi connectivity index (χ0v) is 18.4. The molecule has 0 saturated carbocycles. The van der Waals surface area contributed by atoms with Gasteiger partial charge in [0.1, 0.15) is 0 Å². The molecule has 164 valence electrons. The minimum Gasteiger partial charge on any atom is -0.493 e. The molecule has 2 rings (SSSR count). The van der Waals surface area contributed by atoms with Crippen LogP contribution in [0.2, 0.25) is 0 Å². The first-order valence-corrected chi connectivity index (χ1v) is 10.1. The monoisotopic (exact) mass is 427 g/mol. The molecule has 1 aliphatic rings.